The Hall–Kier alpha value is -6.88. The first-order valence-electron chi connectivity index (χ1n) is 17.1. The first-order chi connectivity index (χ1) is 25.0. The fourth-order valence-electron chi connectivity index (χ4n) is 8.05. The van der Waals surface area contributed by atoms with E-state index in [-0.39, 0.29) is 5.41 Å². The van der Waals surface area contributed by atoms with Crippen LogP contribution in [0.15, 0.2) is 158 Å². The number of benzene rings is 7. The number of rotatable bonds is 4. The lowest BCUT2D eigenvalue weighted by molar-refractivity contribution is 0.632. The SMILES string of the molecule is CC1(C)c2ccccc2N(c2cc(-c3ccccc3-c3ccc(C#N)c(C#N)c3)cc(-n3c4ccccc4c4ccccc43)c2)c2ccccc21. The zero-order valence-corrected chi connectivity index (χ0v) is 28.3. The minimum Gasteiger partial charge on any atom is -0.310 e. The van der Waals surface area contributed by atoms with Gasteiger partial charge >= 0.3 is 0 Å². The zero-order chi connectivity index (χ0) is 34.7. The average molecular weight is 653 g/mol. The number of para-hydroxylation sites is 4. The molecule has 1 aliphatic rings. The molecule has 0 atom stereocenters. The largest absolute Gasteiger partial charge is 0.310 e. The van der Waals surface area contributed by atoms with E-state index in [0.29, 0.717) is 11.1 Å². The normalized spacial score (nSPS) is 13.0. The van der Waals surface area contributed by atoms with Crippen molar-refractivity contribution in [1.82, 2.24) is 4.57 Å². The maximum Gasteiger partial charge on any atom is 0.101 e. The van der Waals surface area contributed by atoms with Crippen LogP contribution in [0.2, 0.25) is 0 Å². The summed E-state index contributed by atoms with van der Waals surface area (Å²) in [5.41, 5.74) is 13.8. The van der Waals surface area contributed by atoms with Crippen LogP contribution < -0.4 is 4.90 Å². The Morgan fingerprint density at radius 3 is 1.59 bits per heavy atom. The van der Waals surface area contributed by atoms with Gasteiger partial charge in [-0.3, -0.25) is 0 Å². The summed E-state index contributed by atoms with van der Waals surface area (Å²) in [6.07, 6.45) is 0. The fraction of sp³-hybridized carbons (Fsp3) is 0.0638. The molecule has 51 heavy (non-hydrogen) atoms. The second-order valence-corrected chi connectivity index (χ2v) is 13.6. The number of hydrogen-bond donors (Lipinski definition) is 0. The van der Waals surface area contributed by atoms with Crippen molar-refractivity contribution in [3.05, 3.63) is 180 Å². The number of fused-ring (bicyclic) bond motifs is 5. The molecule has 9 rings (SSSR count). The van der Waals surface area contributed by atoms with Gasteiger partial charge in [0.15, 0.2) is 0 Å². The van der Waals surface area contributed by atoms with Crippen molar-refractivity contribution in [2.45, 2.75) is 19.3 Å². The summed E-state index contributed by atoms with van der Waals surface area (Å²) in [4.78, 5) is 2.41. The molecule has 0 bridgehead atoms. The van der Waals surface area contributed by atoms with E-state index in [1.807, 2.05) is 18.2 Å². The standard InChI is InChI=1S/C47H32N4/c1-47(2)41-17-7-11-21-45(41)51(46-22-12-8-18-42(46)47)36-27-33(38-14-4-3-13-37(38)31-23-24-32(29-48)34(25-31)30-49)26-35(28-36)50-43-19-9-5-15-39(43)40-16-6-10-20-44(40)50/h3-28H,1-2H3. The molecular formula is C47H32N4. The molecule has 0 unspecified atom stereocenters. The zero-order valence-electron chi connectivity index (χ0n) is 28.3. The number of nitriles is 2. The van der Waals surface area contributed by atoms with Gasteiger partial charge in [0.2, 0.25) is 0 Å². The van der Waals surface area contributed by atoms with Crippen LogP contribution in [0.4, 0.5) is 17.1 Å². The molecule has 240 valence electrons. The van der Waals surface area contributed by atoms with E-state index in [0.717, 1.165) is 56.0 Å². The van der Waals surface area contributed by atoms with Gasteiger partial charge in [0.1, 0.15) is 12.1 Å². The fourth-order valence-corrected chi connectivity index (χ4v) is 8.05. The molecule has 1 aliphatic heterocycles. The molecule has 8 aromatic rings. The van der Waals surface area contributed by atoms with Gasteiger partial charge in [-0.1, -0.05) is 117 Å². The molecule has 0 N–H and O–H groups in total. The van der Waals surface area contributed by atoms with Crippen LogP contribution >= 0.6 is 0 Å². The topological polar surface area (TPSA) is 55.8 Å². The van der Waals surface area contributed by atoms with Crippen LogP contribution in [0, 0.1) is 22.7 Å². The minimum absolute atomic E-state index is 0.183. The number of aromatic nitrogens is 1. The third-order valence-corrected chi connectivity index (χ3v) is 10.4. The molecule has 0 fully saturated rings. The van der Waals surface area contributed by atoms with E-state index in [4.69, 9.17) is 0 Å². The molecule has 7 aromatic carbocycles. The second kappa shape index (κ2) is 11.6. The van der Waals surface area contributed by atoms with Crippen LogP contribution in [0.5, 0.6) is 0 Å². The first-order valence-corrected chi connectivity index (χ1v) is 17.1. The number of nitrogens with zero attached hydrogens (tertiary/aromatic N) is 4. The quantitative estimate of drug-likeness (QED) is 0.190. The summed E-state index contributed by atoms with van der Waals surface area (Å²) in [5.74, 6) is 0. The summed E-state index contributed by atoms with van der Waals surface area (Å²) in [6, 6.07) is 59.8. The second-order valence-electron chi connectivity index (χ2n) is 13.6. The maximum atomic E-state index is 9.89. The van der Waals surface area contributed by atoms with E-state index in [1.54, 1.807) is 6.07 Å². The molecule has 0 saturated carbocycles. The molecule has 1 aromatic heterocycles. The third kappa shape index (κ3) is 4.66. The van der Waals surface area contributed by atoms with Crippen LogP contribution in [-0.2, 0) is 5.41 Å². The Kier molecular flexibility index (Phi) is 6.88. The molecule has 0 amide bonds. The average Bonchev–Trinajstić information content (AvgIpc) is 3.52. The lowest BCUT2D eigenvalue weighted by atomic mass is 9.73. The van der Waals surface area contributed by atoms with Gasteiger partial charge in [0.25, 0.3) is 0 Å². The molecule has 4 heteroatoms. The van der Waals surface area contributed by atoms with Gasteiger partial charge in [-0.15, -0.1) is 0 Å². The predicted molar refractivity (Wildman–Crippen MR) is 208 cm³/mol. The van der Waals surface area contributed by atoms with E-state index in [1.165, 1.54) is 21.9 Å². The third-order valence-electron chi connectivity index (χ3n) is 10.4. The lowest BCUT2D eigenvalue weighted by Gasteiger charge is -2.42. The Balaban J connectivity index is 1.37. The van der Waals surface area contributed by atoms with Crippen molar-refractivity contribution in [2.75, 3.05) is 4.90 Å². The highest BCUT2D eigenvalue weighted by atomic mass is 15.2. The van der Waals surface area contributed by atoms with Crippen LogP contribution in [-0.4, -0.2) is 4.57 Å². The summed E-state index contributed by atoms with van der Waals surface area (Å²) >= 11 is 0. The summed E-state index contributed by atoms with van der Waals surface area (Å²) in [6.45, 7) is 4.62. The van der Waals surface area contributed by atoms with Gasteiger partial charge in [-0.05, 0) is 88.0 Å². The monoisotopic (exact) mass is 652 g/mol. The van der Waals surface area contributed by atoms with Crippen molar-refractivity contribution in [1.29, 1.82) is 10.5 Å². The van der Waals surface area contributed by atoms with Crippen LogP contribution in [0.25, 0.3) is 49.7 Å². The molecule has 4 nitrogen and oxygen atoms in total. The van der Waals surface area contributed by atoms with Gasteiger partial charge in [0, 0.05) is 27.6 Å². The Morgan fingerprint density at radius 1 is 0.471 bits per heavy atom. The highest BCUT2D eigenvalue weighted by molar-refractivity contribution is 6.09. The van der Waals surface area contributed by atoms with Crippen molar-refractivity contribution in [3.63, 3.8) is 0 Å². The van der Waals surface area contributed by atoms with Crippen molar-refractivity contribution in [3.8, 4) is 40.1 Å². The van der Waals surface area contributed by atoms with Crippen molar-refractivity contribution in [2.24, 2.45) is 0 Å². The highest BCUT2D eigenvalue weighted by Crippen LogP contribution is 2.52. The summed E-state index contributed by atoms with van der Waals surface area (Å²) in [5, 5.41) is 21.9. The molecule has 2 heterocycles. The predicted octanol–water partition coefficient (Wildman–Crippen LogP) is 12.0. The molecule has 0 radical (unpaired) electrons. The minimum atomic E-state index is -0.183. The van der Waals surface area contributed by atoms with Gasteiger partial charge < -0.3 is 9.47 Å². The lowest BCUT2D eigenvalue weighted by Crippen LogP contribution is -2.30. The van der Waals surface area contributed by atoms with Crippen LogP contribution in [0.1, 0.15) is 36.1 Å². The van der Waals surface area contributed by atoms with Crippen molar-refractivity contribution < 1.29 is 0 Å². The molecular weight excluding hydrogens is 621 g/mol. The van der Waals surface area contributed by atoms with Crippen molar-refractivity contribution >= 4 is 38.9 Å². The molecule has 0 spiro atoms. The van der Waals surface area contributed by atoms with Gasteiger partial charge in [-0.2, -0.15) is 10.5 Å². The van der Waals surface area contributed by atoms with Gasteiger partial charge in [0.05, 0.1) is 33.5 Å². The van der Waals surface area contributed by atoms with E-state index < -0.39 is 0 Å². The van der Waals surface area contributed by atoms with Crippen LogP contribution in [0.3, 0.4) is 0 Å². The smallest absolute Gasteiger partial charge is 0.101 e. The van der Waals surface area contributed by atoms with E-state index in [9.17, 15) is 10.5 Å². The van der Waals surface area contributed by atoms with E-state index >= 15 is 0 Å². The number of anilines is 3. The Morgan fingerprint density at radius 2 is 0.980 bits per heavy atom. The summed E-state index contributed by atoms with van der Waals surface area (Å²) < 4.78 is 2.38. The molecule has 0 aliphatic carbocycles. The summed E-state index contributed by atoms with van der Waals surface area (Å²) in [7, 11) is 0. The maximum absolute atomic E-state index is 9.89. The molecule has 0 saturated heterocycles. The Labute approximate surface area is 297 Å². The first kappa shape index (κ1) is 30.2. The van der Waals surface area contributed by atoms with Gasteiger partial charge in [-0.25, -0.2) is 0 Å². The highest BCUT2D eigenvalue weighted by Gasteiger charge is 2.36. The number of hydrogen-bond acceptors (Lipinski definition) is 3. The van der Waals surface area contributed by atoms with E-state index in [2.05, 4.69) is 169 Å². The Bertz CT molecular complexity index is 2670.